The minimum absolute atomic E-state index is 0.339. The summed E-state index contributed by atoms with van der Waals surface area (Å²) in [6, 6.07) is 0.339. The van der Waals surface area contributed by atoms with E-state index in [1.54, 1.807) is 29.4 Å². The van der Waals surface area contributed by atoms with Crippen molar-refractivity contribution >= 4 is 39.3 Å². The van der Waals surface area contributed by atoms with E-state index in [0.29, 0.717) is 6.04 Å². The summed E-state index contributed by atoms with van der Waals surface area (Å²) in [7, 11) is 1.96. The largest absolute Gasteiger partial charge is 0.348 e. The SMILES string of the molecule is CSc1nc2ncnc(N3CCCC3c3cnn(C)c3)c2s1. The second-order valence-corrected chi connectivity index (χ2v) is 7.39. The van der Waals surface area contributed by atoms with Gasteiger partial charge in [-0.1, -0.05) is 11.8 Å². The Labute approximate surface area is 136 Å². The van der Waals surface area contributed by atoms with Crippen molar-refractivity contribution in [3.63, 3.8) is 0 Å². The van der Waals surface area contributed by atoms with Crippen LogP contribution in [-0.2, 0) is 7.05 Å². The van der Waals surface area contributed by atoms with Crippen LogP contribution >= 0.6 is 23.1 Å². The lowest BCUT2D eigenvalue weighted by Crippen LogP contribution is -2.23. The van der Waals surface area contributed by atoms with Gasteiger partial charge < -0.3 is 4.90 Å². The first-order valence-corrected chi connectivity index (χ1v) is 9.21. The Bertz CT molecular complexity index is 811. The summed E-state index contributed by atoms with van der Waals surface area (Å²) in [5.41, 5.74) is 2.05. The molecule has 22 heavy (non-hydrogen) atoms. The molecule has 1 aliphatic heterocycles. The first kappa shape index (κ1) is 14.0. The molecule has 1 unspecified atom stereocenters. The van der Waals surface area contributed by atoms with Crippen LogP contribution in [0, 0.1) is 0 Å². The molecule has 1 saturated heterocycles. The van der Waals surface area contributed by atoms with Crippen LogP contribution in [0.3, 0.4) is 0 Å². The maximum absolute atomic E-state index is 4.57. The predicted molar refractivity (Wildman–Crippen MR) is 89.5 cm³/mol. The second kappa shape index (κ2) is 5.51. The summed E-state index contributed by atoms with van der Waals surface area (Å²) in [5, 5.41) is 4.31. The third kappa shape index (κ3) is 2.26. The number of thiazole rings is 1. The van der Waals surface area contributed by atoms with Crippen LogP contribution in [-0.4, -0.2) is 37.5 Å². The van der Waals surface area contributed by atoms with Gasteiger partial charge in [0, 0.05) is 25.4 Å². The first-order chi connectivity index (χ1) is 10.8. The van der Waals surface area contributed by atoms with E-state index < -0.39 is 0 Å². The van der Waals surface area contributed by atoms with E-state index in [9.17, 15) is 0 Å². The minimum Gasteiger partial charge on any atom is -0.348 e. The van der Waals surface area contributed by atoms with Crippen molar-refractivity contribution in [1.82, 2.24) is 24.7 Å². The molecule has 0 spiro atoms. The van der Waals surface area contributed by atoms with Crippen molar-refractivity contribution in [2.24, 2.45) is 7.05 Å². The summed E-state index contributed by atoms with van der Waals surface area (Å²) in [5.74, 6) is 1.01. The van der Waals surface area contributed by atoms with Gasteiger partial charge in [-0.05, 0) is 19.1 Å². The Kier molecular flexibility index (Phi) is 3.50. The van der Waals surface area contributed by atoms with Gasteiger partial charge in [0.15, 0.2) is 15.8 Å². The van der Waals surface area contributed by atoms with Crippen molar-refractivity contribution in [1.29, 1.82) is 0 Å². The topological polar surface area (TPSA) is 59.7 Å². The molecule has 0 amide bonds. The van der Waals surface area contributed by atoms with Gasteiger partial charge in [0.25, 0.3) is 0 Å². The zero-order chi connectivity index (χ0) is 15.1. The fourth-order valence-corrected chi connectivity index (χ4v) is 4.51. The van der Waals surface area contributed by atoms with Crippen LogP contribution in [0.2, 0.25) is 0 Å². The number of rotatable bonds is 3. The summed E-state index contributed by atoms with van der Waals surface area (Å²) >= 11 is 3.33. The maximum Gasteiger partial charge on any atom is 0.176 e. The highest BCUT2D eigenvalue weighted by molar-refractivity contribution is 8.00. The fraction of sp³-hybridized carbons (Fsp3) is 0.429. The van der Waals surface area contributed by atoms with Gasteiger partial charge in [-0.25, -0.2) is 15.0 Å². The average molecular weight is 332 g/mol. The van der Waals surface area contributed by atoms with Crippen LogP contribution in [0.25, 0.3) is 10.3 Å². The highest BCUT2D eigenvalue weighted by atomic mass is 32.2. The van der Waals surface area contributed by atoms with Crippen molar-refractivity contribution in [2.75, 3.05) is 17.7 Å². The highest BCUT2D eigenvalue weighted by Crippen LogP contribution is 2.40. The van der Waals surface area contributed by atoms with Crippen molar-refractivity contribution in [2.45, 2.75) is 23.2 Å². The summed E-state index contributed by atoms with van der Waals surface area (Å²) < 4.78 is 3.98. The van der Waals surface area contributed by atoms with Gasteiger partial charge in [-0.3, -0.25) is 4.68 Å². The van der Waals surface area contributed by atoms with Crippen LogP contribution in [0.15, 0.2) is 23.1 Å². The fourth-order valence-electron chi connectivity index (χ4n) is 2.99. The number of hydrogen-bond acceptors (Lipinski definition) is 7. The molecule has 1 fully saturated rings. The lowest BCUT2D eigenvalue weighted by atomic mass is 10.1. The van der Waals surface area contributed by atoms with Crippen molar-refractivity contribution in [3.8, 4) is 0 Å². The molecular formula is C14H16N6S2. The normalized spacial score (nSPS) is 18.5. The number of aryl methyl sites for hydroxylation is 1. The van der Waals surface area contributed by atoms with E-state index in [1.807, 2.05) is 24.2 Å². The number of nitrogens with zero attached hydrogens (tertiary/aromatic N) is 6. The predicted octanol–water partition coefficient (Wildman–Crippen LogP) is 2.88. The summed E-state index contributed by atoms with van der Waals surface area (Å²) in [6.45, 7) is 1.01. The highest BCUT2D eigenvalue weighted by Gasteiger charge is 2.30. The quantitative estimate of drug-likeness (QED) is 0.687. The number of aromatic nitrogens is 5. The van der Waals surface area contributed by atoms with Gasteiger partial charge in [0.05, 0.1) is 12.2 Å². The Hall–Kier alpha value is -1.67. The minimum atomic E-state index is 0.339. The van der Waals surface area contributed by atoms with Crippen LogP contribution in [0.4, 0.5) is 5.82 Å². The molecule has 0 N–H and O–H groups in total. The smallest absolute Gasteiger partial charge is 0.176 e. The van der Waals surface area contributed by atoms with E-state index in [0.717, 1.165) is 33.5 Å². The molecule has 0 aromatic carbocycles. The van der Waals surface area contributed by atoms with E-state index in [1.165, 1.54) is 12.0 Å². The van der Waals surface area contributed by atoms with E-state index >= 15 is 0 Å². The third-order valence-corrected chi connectivity index (χ3v) is 5.99. The molecule has 6 nitrogen and oxygen atoms in total. The van der Waals surface area contributed by atoms with Gasteiger partial charge >= 0.3 is 0 Å². The molecule has 0 bridgehead atoms. The molecule has 0 saturated carbocycles. The third-order valence-electron chi connectivity index (χ3n) is 3.96. The van der Waals surface area contributed by atoms with Crippen LogP contribution in [0.5, 0.6) is 0 Å². The number of thioether (sulfide) groups is 1. The molecule has 4 heterocycles. The second-order valence-electron chi connectivity index (χ2n) is 5.33. The molecule has 1 aliphatic rings. The van der Waals surface area contributed by atoms with E-state index in [-0.39, 0.29) is 0 Å². The van der Waals surface area contributed by atoms with Crippen molar-refractivity contribution in [3.05, 3.63) is 24.3 Å². The monoisotopic (exact) mass is 332 g/mol. The van der Waals surface area contributed by atoms with E-state index in [2.05, 4.69) is 31.1 Å². The molecule has 0 aliphatic carbocycles. The standard InChI is InChI=1S/C14H16N6S2/c1-19-7-9(6-17-19)10-4-3-5-20(10)13-11-12(15-8-16-13)18-14(21-2)22-11/h6-8,10H,3-5H2,1-2H3. The van der Waals surface area contributed by atoms with Gasteiger partial charge in [0.2, 0.25) is 0 Å². The van der Waals surface area contributed by atoms with Crippen LogP contribution < -0.4 is 4.90 Å². The van der Waals surface area contributed by atoms with Gasteiger partial charge in [-0.2, -0.15) is 5.10 Å². The molecule has 0 radical (unpaired) electrons. The maximum atomic E-state index is 4.57. The number of fused-ring (bicyclic) bond motifs is 1. The van der Waals surface area contributed by atoms with Crippen molar-refractivity contribution < 1.29 is 0 Å². The van der Waals surface area contributed by atoms with Crippen LogP contribution in [0.1, 0.15) is 24.4 Å². The summed E-state index contributed by atoms with van der Waals surface area (Å²) in [6.07, 6.45) is 10.0. The Morgan fingerprint density at radius 2 is 2.27 bits per heavy atom. The van der Waals surface area contributed by atoms with Gasteiger partial charge in [0.1, 0.15) is 11.0 Å². The Morgan fingerprint density at radius 1 is 1.36 bits per heavy atom. The van der Waals surface area contributed by atoms with E-state index in [4.69, 9.17) is 0 Å². The number of hydrogen-bond donors (Lipinski definition) is 0. The molecule has 8 heteroatoms. The Balaban J connectivity index is 1.78. The zero-order valence-electron chi connectivity index (χ0n) is 12.4. The number of anilines is 1. The Morgan fingerprint density at radius 3 is 3.05 bits per heavy atom. The molecule has 3 aromatic rings. The average Bonchev–Trinajstić information content (AvgIpc) is 3.24. The lowest BCUT2D eigenvalue weighted by molar-refractivity contribution is 0.709. The zero-order valence-corrected chi connectivity index (χ0v) is 14.1. The molecule has 1 atom stereocenters. The summed E-state index contributed by atoms with van der Waals surface area (Å²) in [4.78, 5) is 15.8. The van der Waals surface area contributed by atoms with Gasteiger partial charge in [-0.15, -0.1) is 11.3 Å². The molecular weight excluding hydrogens is 316 g/mol. The molecule has 4 rings (SSSR count). The molecule has 3 aromatic heterocycles. The first-order valence-electron chi connectivity index (χ1n) is 7.17. The molecule has 114 valence electrons. The lowest BCUT2D eigenvalue weighted by Gasteiger charge is -2.24.